The first-order chi connectivity index (χ1) is 10.4. The lowest BCUT2D eigenvalue weighted by Crippen LogP contribution is -2.19. The maximum atomic E-state index is 9.39. The van der Waals surface area contributed by atoms with Gasteiger partial charge in [-0.1, -0.05) is 12.1 Å². The number of hydrogen-bond acceptors (Lipinski definition) is 5. The maximum absolute atomic E-state index is 9.39. The zero-order chi connectivity index (χ0) is 14.5. The number of ether oxygens (including phenoxy) is 2. The highest BCUT2D eigenvalue weighted by Crippen LogP contribution is 2.32. The molecule has 0 amide bonds. The van der Waals surface area contributed by atoms with Crippen LogP contribution in [0.1, 0.15) is 22.9 Å². The molecule has 0 saturated carbocycles. The molecule has 0 spiro atoms. The molecule has 0 saturated heterocycles. The number of nitriles is 1. The van der Waals surface area contributed by atoms with Gasteiger partial charge in [0.15, 0.2) is 11.5 Å². The molecule has 0 bridgehead atoms. The largest absolute Gasteiger partial charge is 0.490 e. The van der Waals surface area contributed by atoms with Crippen LogP contribution in [0.3, 0.4) is 0 Å². The van der Waals surface area contributed by atoms with Crippen LogP contribution in [0.15, 0.2) is 35.7 Å². The average molecular weight is 300 g/mol. The second-order valence-electron chi connectivity index (χ2n) is 4.78. The summed E-state index contributed by atoms with van der Waals surface area (Å²) in [5.74, 6) is 1.48. The van der Waals surface area contributed by atoms with E-state index in [1.807, 2.05) is 29.6 Å². The Morgan fingerprint density at radius 1 is 1.24 bits per heavy atom. The van der Waals surface area contributed by atoms with E-state index in [1.165, 1.54) is 4.88 Å². The number of rotatable bonds is 4. The Balaban J connectivity index is 1.74. The van der Waals surface area contributed by atoms with E-state index in [9.17, 15) is 5.26 Å². The smallest absolute Gasteiger partial charge is 0.161 e. The van der Waals surface area contributed by atoms with E-state index < -0.39 is 0 Å². The van der Waals surface area contributed by atoms with Gasteiger partial charge in [-0.3, -0.25) is 5.32 Å². The molecule has 5 heteroatoms. The Kier molecular flexibility index (Phi) is 4.39. The van der Waals surface area contributed by atoms with E-state index >= 15 is 0 Å². The van der Waals surface area contributed by atoms with Crippen molar-refractivity contribution in [3.8, 4) is 17.6 Å². The van der Waals surface area contributed by atoms with Crippen LogP contribution in [-0.4, -0.2) is 13.2 Å². The molecule has 0 fully saturated rings. The van der Waals surface area contributed by atoms with Crippen LogP contribution in [0.5, 0.6) is 11.5 Å². The van der Waals surface area contributed by atoms with Crippen LogP contribution in [0.4, 0.5) is 0 Å². The van der Waals surface area contributed by atoms with Crippen LogP contribution in [0.25, 0.3) is 0 Å². The van der Waals surface area contributed by atoms with Gasteiger partial charge in [0.05, 0.1) is 19.3 Å². The fourth-order valence-corrected chi connectivity index (χ4v) is 2.87. The van der Waals surface area contributed by atoms with Gasteiger partial charge in [0.25, 0.3) is 0 Å². The topological polar surface area (TPSA) is 54.3 Å². The van der Waals surface area contributed by atoms with Gasteiger partial charge >= 0.3 is 0 Å². The molecule has 4 nitrogen and oxygen atoms in total. The number of thiophene rings is 1. The summed E-state index contributed by atoms with van der Waals surface area (Å²) >= 11 is 1.68. The summed E-state index contributed by atoms with van der Waals surface area (Å²) in [5.41, 5.74) is 0.901. The fraction of sp³-hybridized carbons (Fsp3) is 0.312. The predicted molar refractivity (Wildman–Crippen MR) is 81.6 cm³/mol. The highest BCUT2D eigenvalue weighted by molar-refractivity contribution is 7.09. The second kappa shape index (κ2) is 6.61. The molecule has 0 radical (unpaired) electrons. The Hall–Kier alpha value is -2.03. The summed E-state index contributed by atoms with van der Waals surface area (Å²) in [7, 11) is 0. The minimum absolute atomic E-state index is 0.357. The molecule has 1 aliphatic heterocycles. The zero-order valence-corrected chi connectivity index (χ0v) is 12.4. The third-order valence-electron chi connectivity index (χ3n) is 3.29. The number of benzene rings is 1. The van der Waals surface area contributed by atoms with E-state index in [4.69, 9.17) is 9.47 Å². The van der Waals surface area contributed by atoms with Crippen LogP contribution < -0.4 is 14.8 Å². The van der Waals surface area contributed by atoms with E-state index in [0.717, 1.165) is 23.5 Å². The van der Waals surface area contributed by atoms with Gasteiger partial charge in [0, 0.05) is 17.8 Å². The maximum Gasteiger partial charge on any atom is 0.161 e. The van der Waals surface area contributed by atoms with Crippen molar-refractivity contribution in [2.24, 2.45) is 0 Å². The molecule has 2 heterocycles. The summed E-state index contributed by atoms with van der Waals surface area (Å²) in [6.45, 7) is 2.01. The zero-order valence-electron chi connectivity index (χ0n) is 11.5. The Labute approximate surface area is 127 Å². The van der Waals surface area contributed by atoms with Gasteiger partial charge < -0.3 is 9.47 Å². The molecule has 1 aliphatic rings. The van der Waals surface area contributed by atoms with Crippen LogP contribution in [0.2, 0.25) is 0 Å². The molecule has 1 N–H and O–H groups in total. The Bertz CT molecular complexity index is 634. The minimum atomic E-state index is -0.357. The van der Waals surface area contributed by atoms with Crippen molar-refractivity contribution in [1.82, 2.24) is 5.32 Å². The van der Waals surface area contributed by atoms with Gasteiger partial charge in [-0.25, -0.2) is 0 Å². The van der Waals surface area contributed by atoms with Crippen molar-refractivity contribution in [2.75, 3.05) is 13.2 Å². The molecular weight excluding hydrogens is 284 g/mol. The van der Waals surface area contributed by atoms with Crippen molar-refractivity contribution in [3.63, 3.8) is 0 Å². The predicted octanol–water partition coefficient (Wildman–Crippen LogP) is 3.26. The van der Waals surface area contributed by atoms with Crippen molar-refractivity contribution >= 4 is 11.3 Å². The second-order valence-corrected chi connectivity index (χ2v) is 5.81. The molecular formula is C16H16N2O2S. The summed E-state index contributed by atoms with van der Waals surface area (Å²) in [5, 5.41) is 14.7. The lowest BCUT2D eigenvalue weighted by molar-refractivity contribution is 0.297. The molecule has 1 aromatic carbocycles. The van der Waals surface area contributed by atoms with Gasteiger partial charge in [-0.15, -0.1) is 11.3 Å². The molecule has 21 heavy (non-hydrogen) atoms. The number of nitrogens with zero attached hydrogens (tertiary/aromatic N) is 1. The Morgan fingerprint density at radius 3 is 2.86 bits per heavy atom. The van der Waals surface area contributed by atoms with Crippen LogP contribution in [0, 0.1) is 11.3 Å². The van der Waals surface area contributed by atoms with E-state index in [1.54, 1.807) is 11.3 Å². The van der Waals surface area contributed by atoms with Gasteiger partial charge in [-0.2, -0.15) is 5.26 Å². The highest BCUT2D eigenvalue weighted by Gasteiger charge is 2.15. The number of hydrogen-bond donors (Lipinski definition) is 1. The molecule has 3 rings (SSSR count). The van der Waals surface area contributed by atoms with Gasteiger partial charge in [-0.05, 0) is 29.1 Å². The first kappa shape index (κ1) is 13.9. The first-order valence-electron chi connectivity index (χ1n) is 6.92. The lowest BCUT2D eigenvalue weighted by Gasteiger charge is -2.14. The average Bonchev–Trinajstić information content (AvgIpc) is 2.92. The SMILES string of the molecule is N#CC(NCc1cccs1)c1ccc2c(c1)OCCCO2. The molecule has 1 unspecified atom stereocenters. The van der Waals surface area contributed by atoms with Crippen LogP contribution in [-0.2, 0) is 6.54 Å². The summed E-state index contributed by atoms with van der Waals surface area (Å²) in [6.07, 6.45) is 0.877. The van der Waals surface area contributed by atoms with Gasteiger partial charge in [0.2, 0.25) is 0 Å². The van der Waals surface area contributed by atoms with Crippen LogP contribution >= 0.6 is 11.3 Å². The lowest BCUT2D eigenvalue weighted by atomic mass is 10.1. The Morgan fingerprint density at radius 2 is 2.10 bits per heavy atom. The third-order valence-corrected chi connectivity index (χ3v) is 4.17. The van der Waals surface area contributed by atoms with Crippen molar-refractivity contribution in [3.05, 3.63) is 46.2 Å². The van der Waals surface area contributed by atoms with Crippen molar-refractivity contribution in [1.29, 1.82) is 5.26 Å². The third kappa shape index (κ3) is 3.35. The monoisotopic (exact) mass is 300 g/mol. The first-order valence-corrected chi connectivity index (χ1v) is 7.80. The minimum Gasteiger partial charge on any atom is -0.490 e. The van der Waals surface area contributed by atoms with Crippen molar-refractivity contribution in [2.45, 2.75) is 19.0 Å². The quantitative estimate of drug-likeness (QED) is 0.941. The van der Waals surface area contributed by atoms with Crippen molar-refractivity contribution < 1.29 is 9.47 Å². The highest BCUT2D eigenvalue weighted by atomic mass is 32.1. The molecule has 1 aromatic heterocycles. The number of fused-ring (bicyclic) bond motifs is 1. The normalized spacial score (nSPS) is 15.0. The summed E-state index contributed by atoms with van der Waals surface area (Å²) < 4.78 is 11.3. The van der Waals surface area contributed by atoms with E-state index in [-0.39, 0.29) is 6.04 Å². The molecule has 108 valence electrons. The summed E-state index contributed by atoms with van der Waals surface area (Å²) in [6, 6.07) is 11.7. The molecule has 2 aromatic rings. The molecule has 1 atom stereocenters. The number of nitrogens with one attached hydrogen (secondary N) is 1. The standard InChI is InChI=1S/C16H16N2O2S/c17-10-14(18-11-13-3-1-8-21-13)12-4-5-15-16(9-12)20-7-2-6-19-15/h1,3-5,8-9,14,18H,2,6-7,11H2. The van der Waals surface area contributed by atoms with E-state index in [2.05, 4.69) is 17.5 Å². The van der Waals surface area contributed by atoms with Gasteiger partial charge in [0.1, 0.15) is 6.04 Å². The summed E-state index contributed by atoms with van der Waals surface area (Å²) in [4.78, 5) is 1.21. The fourth-order valence-electron chi connectivity index (χ4n) is 2.21. The van der Waals surface area contributed by atoms with E-state index in [0.29, 0.717) is 19.8 Å². The molecule has 0 aliphatic carbocycles.